The summed E-state index contributed by atoms with van der Waals surface area (Å²) in [5.74, 6) is 2.82. The molecule has 0 saturated carbocycles. The topological polar surface area (TPSA) is 30.5 Å². The van der Waals surface area contributed by atoms with Gasteiger partial charge in [-0.2, -0.15) is 11.8 Å². The van der Waals surface area contributed by atoms with Crippen molar-refractivity contribution in [2.24, 2.45) is 0 Å². The van der Waals surface area contributed by atoms with E-state index >= 15 is 0 Å². The van der Waals surface area contributed by atoms with E-state index in [9.17, 15) is 0 Å². The van der Waals surface area contributed by atoms with Gasteiger partial charge in [-0.15, -0.1) is 0 Å². The molecule has 5 heteroatoms. The van der Waals surface area contributed by atoms with Gasteiger partial charge in [-0.3, -0.25) is 0 Å². The van der Waals surface area contributed by atoms with Crippen LogP contribution >= 0.6 is 27.7 Å². The predicted molar refractivity (Wildman–Crippen MR) is 77.7 cm³/mol. The first-order valence-electron chi connectivity index (χ1n) is 6.12. The zero-order valence-electron chi connectivity index (χ0n) is 10.5. The lowest BCUT2D eigenvalue weighted by Crippen LogP contribution is -2.31. The fourth-order valence-corrected chi connectivity index (χ4v) is 4.57. The Balaban J connectivity index is 2.19. The van der Waals surface area contributed by atoms with Gasteiger partial charge in [0.1, 0.15) is 13.2 Å². The molecule has 0 radical (unpaired) electrons. The molecule has 3 rings (SSSR count). The Kier molecular flexibility index (Phi) is 3.47. The van der Waals surface area contributed by atoms with Crippen LogP contribution in [0.5, 0.6) is 11.5 Å². The summed E-state index contributed by atoms with van der Waals surface area (Å²) in [6, 6.07) is 2.35. The minimum atomic E-state index is 0.312. The molecule has 0 saturated heterocycles. The first-order valence-corrected chi connectivity index (χ1v) is 7.96. The van der Waals surface area contributed by atoms with Crippen molar-refractivity contribution in [3.8, 4) is 11.5 Å². The highest BCUT2D eigenvalue weighted by Crippen LogP contribution is 2.49. The molecule has 2 aliphatic heterocycles. The first-order chi connectivity index (χ1) is 8.72. The third-order valence-electron chi connectivity index (χ3n) is 3.51. The van der Waals surface area contributed by atoms with Crippen LogP contribution in [0.15, 0.2) is 10.5 Å². The normalized spacial score (nSPS) is 25.7. The monoisotopic (exact) mass is 329 g/mol. The Morgan fingerprint density at radius 1 is 1.39 bits per heavy atom. The van der Waals surface area contributed by atoms with Crippen molar-refractivity contribution < 1.29 is 9.47 Å². The highest BCUT2D eigenvalue weighted by atomic mass is 79.9. The van der Waals surface area contributed by atoms with Crippen molar-refractivity contribution in [2.75, 3.05) is 20.3 Å². The van der Waals surface area contributed by atoms with Crippen molar-refractivity contribution in [3.05, 3.63) is 21.7 Å². The minimum Gasteiger partial charge on any atom is -0.486 e. The van der Waals surface area contributed by atoms with Gasteiger partial charge >= 0.3 is 0 Å². The molecule has 2 aliphatic rings. The van der Waals surface area contributed by atoms with Crippen LogP contribution in [0.4, 0.5) is 0 Å². The summed E-state index contributed by atoms with van der Waals surface area (Å²) in [4.78, 5) is 0. The molecule has 1 aromatic carbocycles. The van der Waals surface area contributed by atoms with Gasteiger partial charge in [0, 0.05) is 27.1 Å². The Morgan fingerprint density at radius 2 is 2.17 bits per heavy atom. The van der Waals surface area contributed by atoms with Gasteiger partial charge in [0.05, 0.1) is 0 Å². The van der Waals surface area contributed by atoms with Crippen molar-refractivity contribution in [2.45, 2.75) is 24.0 Å². The number of ether oxygens (including phenoxy) is 2. The van der Waals surface area contributed by atoms with Crippen LogP contribution in [0.2, 0.25) is 0 Å². The van der Waals surface area contributed by atoms with Crippen LogP contribution < -0.4 is 14.8 Å². The Labute approximate surface area is 120 Å². The van der Waals surface area contributed by atoms with E-state index in [0.29, 0.717) is 24.5 Å². The Morgan fingerprint density at radius 3 is 2.94 bits per heavy atom. The number of fused-ring (bicyclic) bond motifs is 3. The second kappa shape index (κ2) is 4.94. The van der Waals surface area contributed by atoms with Crippen LogP contribution in [0.1, 0.15) is 24.1 Å². The van der Waals surface area contributed by atoms with Gasteiger partial charge in [0.25, 0.3) is 0 Å². The number of thioether (sulfide) groups is 1. The highest BCUT2D eigenvalue weighted by molar-refractivity contribution is 9.10. The molecule has 0 aliphatic carbocycles. The van der Waals surface area contributed by atoms with E-state index in [0.717, 1.165) is 21.7 Å². The van der Waals surface area contributed by atoms with E-state index in [2.05, 4.69) is 28.2 Å². The van der Waals surface area contributed by atoms with Gasteiger partial charge in [-0.25, -0.2) is 0 Å². The van der Waals surface area contributed by atoms with Crippen LogP contribution in [-0.2, 0) is 5.75 Å². The third-order valence-corrected chi connectivity index (χ3v) is 5.47. The molecule has 0 fully saturated rings. The largest absolute Gasteiger partial charge is 0.486 e. The lowest BCUT2D eigenvalue weighted by molar-refractivity contribution is 0.168. The summed E-state index contributed by atoms with van der Waals surface area (Å²) in [6.45, 7) is 3.53. The number of rotatable bonds is 1. The summed E-state index contributed by atoms with van der Waals surface area (Å²) in [5.41, 5.74) is 2.61. The lowest BCUT2D eigenvalue weighted by Gasteiger charge is -2.34. The number of halogens is 1. The molecule has 18 heavy (non-hydrogen) atoms. The third kappa shape index (κ3) is 1.92. The van der Waals surface area contributed by atoms with E-state index in [1.165, 1.54) is 11.1 Å². The van der Waals surface area contributed by atoms with Gasteiger partial charge < -0.3 is 14.8 Å². The van der Waals surface area contributed by atoms with Crippen LogP contribution in [0.25, 0.3) is 0 Å². The molecule has 0 spiro atoms. The maximum Gasteiger partial charge on any atom is 0.166 e. The Bertz CT molecular complexity index is 481. The summed E-state index contributed by atoms with van der Waals surface area (Å²) in [5, 5.41) is 3.94. The van der Waals surface area contributed by atoms with E-state index in [4.69, 9.17) is 9.47 Å². The molecule has 3 nitrogen and oxygen atoms in total. The second-order valence-corrected chi connectivity index (χ2v) is 6.78. The number of benzene rings is 1. The fourth-order valence-electron chi connectivity index (χ4n) is 2.62. The second-order valence-electron chi connectivity index (χ2n) is 4.56. The van der Waals surface area contributed by atoms with E-state index in [-0.39, 0.29) is 0 Å². The molecule has 0 bridgehead atoms. The maximum atomic E-state index is 5.86. The molecule has 2 unspecified atom stereocenters. The molecule has 1 aromatic rings. The molecular weight excluding hydrogens is 314 g/mol. The van der Waals surface area contributed by atoms with E-state index in [1.54, 1.807) is 0 Å². The quantitative estimate of drug-likeness (QED) is 0.857. The first kappa shape index (κ1) is 12.6. The molecule has 2 heterocycles. The van der Waals surface area contributed by atoms with Crippen LogP contribution in [0.3, 0.4) is 0 Å². The molecule has 0 aromatic heterocycles. The minimum absolute atomic E-state index is 0.312. The van der Waals surface area contributed by atoms with Gasteiger partial charge in [0.15, 0.2) is 11.5 Å². The van der Waals surface area contributed by atoms with Crippen molar-refractivity contribution in [1.82, 2.24) is 5.32 Å². The van der Waals surface area contributed by atoms with Crippen molar-refractivity contribution >= 4 is 27.7 Å². The summed E-state index contributed by atoms with van der Waals surface area (Å²) in [7, 11) is 2.01. The van der Waals surface area contributed by atoms with Gasteiger partial charge in [-0.1, -0.05) is 22.9 Å². The number of hydrogen-bond donors (Lipinski definition) is 1. The summed E-state index contributed by atoms with van der Waals surface area (Å²) < 4.78 is 12.7. The number of nitrogens with one attached hydrogen (secondary N) is 1. The lowest BCUT2D eigenvalue weighted by atomic mass is 9.96. The van der Waals surface area contributed by atoms with Gasteiger partial charge in [0.2, 0.25) is 0 Å². The number of hydrogen-bond acceptors (Lipinski definition) is 4. The molecule has 98 valence electrons. The fraction of sp³-hybridized carbons (Fsp3) is 0.538. The van der Waals surface area contributed by atoms with Crippen LogP contribution in [-0.4, -0.2) is 25.5 Å². The molecule has 1 N–H and O–H groups in total. The van der Waals surface area contributed by atoms with Crippen molar-refractivity contribution in [3.63, 3.8) is 0 Å². The molecular formula is C13H16BrNO2S. The predicted octanol–water partition coefficient (Wildman–Crippen LogP) is 3.12. The average molecular weight is 330 g/mol. The molecule has 2 atom stereocenters. The summed E-state index contributed by atoms with van der Waals surface area (Å²) >= 11 is 5.63. The molecule has 0 amide bonds. The highest BCUT2D eigenvalue weighted by Gasteiger charge is 2.33. The van der Waals surface area contributed by atoms with Crippen molar-refractivity contribution in [1.29, 1.82) is 0 Å². The zero-order valence-corrected chi connectivity index (χ0v) is 12.9. The van der Waals surface area contributed by atoms with Gasteiger partial charge in [-0.05, 0) is 18.7 Å². The van der Waals surface area contributed by atoms with Crippen LogP contribution in [0, 0.1) is 0 Å². The SMILES string of the molecule is CNC1c2c(c(Br)cc3c2OCCO3)CSC1C. The Hall–Kier alpha value is -0.390. The zero-order chi connectivity index (χ0) is 12.7. The summed E-state index contributed by atoms with van der Waals surface area (Å²) in [6.07, 6.45) is 0. The standard InChI is InChI=1S/C13H16BrNO2S/c1-7-12(15-2)11-8(6-18-7)9(14)5-10-13(11)17-4-3-16-10/h5,7,12,15H,3-4,6H2,1-2H3. The smallest absolute Gasteiger partial charge is 0.166 e. The maximum absolute atomic E-state index is 5.86. The average Bonchev–Trinajstić information content (AvgIpc) is 2.38. The van der Waals surface area contributed by atoms with E-state index in [1.807, 2.05) is 24.9 Å². The van der Waals surface area contributed by atoms with E-state index < -0.39 is 0 Å².